The first-order valence-corrected chi connectivity index (χ1v) is 21.0. The number of aromatic nitrogens is 2. The van der Waals surface area contributed by atoms with Crippen LogP contribution in [0.5, 0.6) is 0 Å². The van der Waals surface area contributed by atoms with E-state index in [9.17, 15) is 0 Å². The van der Waals surface area contributed by atoms with Gasteiger partial charge in [-0.05, 0) is 96.3 Å². The molecule has 2 nitrogen and oxygen atoms in total. The van der Waals surface area contributed by atoms with E-state index in [4.69, 9.17) is 0 Å². The highest BCUT2D eigenvalue weighted by molar-refractivity contribution is 7.00. The smallest absolute Gasteiger partial charge is 0.252 e. The normalized spacial score (nSPS) is 16.1. The lowest BCUT2D eigenvalue weighted by Crippen LogP contribution is -2.59. The number of fused-ring (bicyclic) bond motifs is 18. The Morgan fingerprint density at radius 3 is 1.29 bits per heavy atom. The fourth-order valence-electron chi connectivity index (χ4n) is 12.4. The topological polar surface area (TPSA) is 9.86 Å². The van der Waals surface area contributed by atoms with Crippen LogP contribution in [0.3, 0.4) is 0 Å². The van der Waals surface area contributed by atoms with E-state index in [2.05, 4.69) is 197 Å². The molecule has 3 heteroatoms. The summed E-state index contributed by atoms with van der Waals surface area (Å²) in [6, 6.07) is 71.4. The first-order chi connectivity index (χ1) is 29.3. The molecule has 9 aromatic carbocycles. The van der Waals surface area contributed by atoms with Gasteiger partial charge in [-0.15, -0.1) is 0 Å². The highest BCUT2D eigenvalue weighted by atomic mass is 15.0. The van der Waals surface area contributed by atoms with Crippen molar-refractivity contribution in [2.45, 2.75) is 11.8 Å². The van der Waals surface area contributed by atoms with Crippen molar-refractivity contribution < 1.29 is 0 Å². The van der Waals surface area contributed by atoms with E-state index >= 15 is 0 Å². The van der Waals surface area contributed by atoms with Crippen molar-refractivity contribution in [1.82, 2.24) is 9.13 Å². The lowest BCUT2D eigenvalue weighted by molar-refractivity contribution is 1.02. The van der Waals surface area contributed by atoms with E-state index in [1.807, 2.05) is 0 Å². The average molecular weight is 745 g/mol. The van der Waals surface area contributed by atoms with Crippen LogP contribution in [-0.2, 0) is 0 Å². The van der Waals surface area contributed by atoms with Crippen molar-refractivity contribution >= 4 is 66.7 Å². The Morgan fingerprint density at radius 2 is 0.797 bits per heavy atom. The summed E-state index contributed by atoms with van der Waals surface area (Å²) in [5, 5.41) is 5.42. The van der Waals surface area contributed by atoms with Crippen LogP contribution in [0.1, 0.15) is 45.2 Å². The number of hydrogen-bond donors (Lipinski definition) is 0. The summed E-state index contributed by atoms with van der Waals surface area (Å²) < 4.78 is 5.23. The molecule has 0 N–H and O–H groups in total. The van der Waals surface area contributed by atoms with Gasteiger partial charge in [0.2, 0.25) is 0 Å². The fourth-order valence-corrected chi connectivity index (χ4v) is 12.4. The molecule has 0 radical (unpaired) electrons. The Balaban J connectivity index is 1.04. The van der Waals surface area contributed by atoms with Crippen molar-refractivity contribution in [3.8, 4) is 33.6 Å². The van der Waals surface area contributed by atoms with Gasteiger partial charge in [0.1, 0.15) is 0 Å². The summed E-state index contributed by atoms with van der Waals surface area (Å²) >= 11 is 0. The minimum absolute atomic E-state index is 0.108. The first-order valence-electron chi connectivity index (χ1n) is 21.0. The predicted molar refractivity (Wildman–Crippen MR) is 245 cm³/mol. The van der Waals surface area contributed by atoms with Crippen molar-refractivity contribution in [1.29, 1.82) is 0 Å². The summed E-state index contributed by atoms with van der Waals surface area (Å²) in [4.78, 5) is 0. The second-order valence-corrected chi connectivity index (χ2v) is 17.0. The standard InChI is InChI=1S/C56H33BN2/c1-3-14-32(15-4-1)48-34-18-7-9-20-36(34)50-38(48)28-30-44-52(50)40-22-11-24-42-55(40)58(44)46-26-13-27-47-54(46)57(42)43-25-12-23-41-53-45(59(47)56(41)43)31-29-39-49(33-16-5-2-6-17-33)35-19-8-10-21-37(35)51(39)53/h1-31,48-49H. The Labute approximate surface area is 341 Å². The van der Waals surface area contributed by atoms with Crippen LogP contribution < -0.4 is 16.4 Å². The molecule has 4 aliphatic rings. The van der Waals surface area contributed by atoms with Gasteiger partial charge in [0.15, 0.2) is 0 Å². The molecule has 0 saturated heterocycles. The third-order valence-electron chi connectivity index (χ3n) is 14.5. The van der Waals surface area contributed by atoms with Gasteiger partial charge < -0.3 is 9.13 Å². The summed E-state index contributed by atoms with van der Waals surface area (Å²) in [7, 11) is 0. The molecule has 11 aromatic rings. The summed E-state index contributed by atoms with van der Waals surface area (Å²) in [5.41, 5.74) is 25.8. The molecule has 0 spiro atoms. The number of para-hydroxylation sites is 2. The van der Waals surface area contributed by atoms with E-state index in [0.29, 0.717) is 0 Å². The zero-order valence-electron chi connectivity index (χ0n) is 32.0. The molecule has 270 valence electrons. The van der Waals surface area contributed by atoms with Crippen LogP contribution in [0.4, 0.5) is 0 Å². The Bertz CT molecular complexity index is 3440. The minimum atomic E-state index is 0.108. The van der Waals surface area contributed by atoms with Gasteiger partial charge in [-0.3, -0.25) is 0 Å². The largest absolute Gasteiger partial charge is 0.310 e. The number of rotatable bonds is 2. The molecular formula is C56H33BN2. The third kappa shape index (κ3) is 3.59. The molecule has 59 heavy (non-hydrogen) atoms. The molecule has 4 heterocycles. The van der Waals surface area contributed by atoms with E-state index < -0.39 is 0 Å². The number of benzene rings is 9. The first kappa shape index (κ1) is 30.7. The van der Waals surface area contributed by atoms with Crippen molar-refractivity contribution in [3.05, 3.63) is 221 Å². The van der Waals surface area contributed by atoms with Crippen molar-refractivity contribution in [2.75, 3.05) is 0 Å². The summed E-state index contributed by atoms with van der Waals surface area (Å²) in [6.45, 7) is 0.108. The maximum absolute atomic E-state index is 2.61. The Morgan fingerprint density at radius 1 is 0.356 bits per heavy atom. The van der Waals surface area contributed by atoms with Gasteiger partial charge >= 0.3 is 0 Å². The molecular weight excluding hydrogens is 711 g/mol. The fraction of sp³-hybridized carbons (Fsp3) is 0.0357. The average Bonchev–Trinajstić information content (AvgIpc) is 4.03. The minimum Gasteiger partial charge on any atom is -0.310 e. The Kier molecular flexibility index (Phi) is 5.61. The zero-order chi connectivity index (χ0) is 38.1. The molecule has 0 amide bonds. The maximum Gasteiger partial charge on any atom is 0.252 e. The summed E-state index contributed by atoms with van der Waals surface area (Å²) in [5.74, 6) is 0.417. The molecule has 2 unspecified atom stereocenters. The van der Waals surface area contributed by atoms with Crippen molar-refractivity contribution in [3.63, 3.8) is 0 Å². The van der Waals surface area contributed by atoms with E-state index in [1.54, 1.807) is 0 Å². The van der Waals surface area contributed by atoms with Gasteiger partial charge in [0.05, 0.1) is 11.0 Å². The highest BCUT2D eigenvalue weighted by Crippen LogP contribution is 2.55. The van der Waals surface area contributed by atoms with Gasteiger partial charge in [-0.25, -0.2) is 0 Å². The van der Waals surface area contributed by atoms with Gasteiger partial charge in [-0.1, -0.05) is 164 Å². The van der Waals surface area contributed by atoms with Crippen LogP contribution in [0.25, 0.3) is 77.2 Å². The number of nitrogens with zero attached hydrogens (tertiary/aromatic N) is 2. The lowest BCUT2D eigenvalue weighted by Gasteiger charge is -2.33. The lowest BCUT2D eigenvalue weighted by atomic mass is 9.34. The van der Waals surface area contributed by atoms with Crippen LogP contribution in [0.2, 0.25) is 0 Å². The monoisotopic (exact) mass is 744 g/mol. The van der Waals surface area contributed by atoms with E-state index in [-0.39, 0.29) is 18.5 Å². The molecule has 0 bridgehead atoms. The van der Waals surface area contributed by atoms with Crippen molar-refractivity contribution in [2.24, 2.45) is 0 Å². The second-order valence-electron chi connectivity index (χ2n) is 17.0. The van der Waals surface area contributed by atoms with Crippen LogP contribution in [0, 0.1) is 0 Å². The molecule has 15 rings (SSSR count). The Hall–Kier alpha value is -7.36. The third-order valence-corrected chi connectivity index (χ3v) is 14.5. The molecule has 2 aliphatic carbocycles. The molecule has 2 atom stereocenters. The SMILES string of the molecule is c1ccc(C2c3ccccc3-c3c2ccc2c3c3cccc4c3n2-c2cccc3c2B4c2cccc4c5c6c(ccc5n-3c24)C(c2ccccc2)c2ccccc2-6)cc1. The van der Waals surface area contributed by atoms with Crippen LogP contribution in [-0.4, -0.2) is 15.8 Å². The molecule has 2 aromatic heterocycles. The van der Waals surface area contributed by atoms with Crippen LogP contribution in [0.15, 0.2) is 188 Å². The van der Waals surface area contributed by atoms with Crippen LogP contribution >= 0.6 is 0 Å². The van der Waals surface area contributed by atoms with Gasteiger partial charge in [0.25, 0.3) is 6.71 Å². The second kappa shape index (κ2) is 10.8. The van der Waals surface area contributed by atoms with E-state index in [1.165, 1.54) is 127 Å². The zero-order valence-corrected chi connectivity index (χ0v) is 32.0. The molecule has 0 fully saturated rings. The predicted octanol–water partition coefficient (Wildman–Crippen LogP) is 11.3. The maximum atomic E-state index is 2.61. The quantitative estimate of drug-likeness (QED) is 0.156. The number of hydrogen-bond acceptors (Lipinski definition) is 0. The summed E-state index contributed by atoms with van der Waals surface area (Å²) in [6.07, 6.45) is 0. The molecule has 2 aliphatic heterocycles. The molecule has 0 saturated carbocycles. The highest BCUT2D eigenvalue weighted by Gasteiger charge is 2.43. The van der Waals surface area contributed by atoms with Gasteiger partial charge in [-0.2, -0.15) is 0 Å². The van der Waals surface area contributed by atoms with Gasteiger partial charge in [0, 0.05) is 55.8 Å². The van der Waals surface area contributed by atoms with E-state index in [0.717, 1.165) is 0 Å².